The summed E-state index contributed by atoms with van der Waals surface area (Å²) < 4.78 is 10.7. The zero-order valence-corrected chi connectivity index (χ0v) is 12.9. The van der Waals surface area contributed by atoms with Crippen molar-refractivity contribution >= 4 is 17.9 Å². The zero-order chi connectivity index (χ0) is 16.1. The fraction of sp³-hybridized carbons (Fsp3) is 0.158. The van der Waals surface area contributed by atoms with Gasteiger partial charge in [-0.05, 0) is 35.8 Å². The smallest absolute Gasteiger partial charge is 0.363 e. The van der Waals surface area contributed by atoms with E-state index in [0.29, 0.717) is 11.4 Å². The molecule has 4 nitrogen and oxygen atoms in total. The molecule has 1 aliphatic rings. The van der Waals surface area contributed by atoms with Gasteiger partial charge in [-0.2, -0.15) is 0 Å². The highest BCUT2D eigenvalue weighted by Crippen LogP contribution is 2.17. The lowest BCUT2D eigenvalue weighted by molar-refractivity contribution is -0.130. The van der Waals surface area contributed by atoms with E-state index in [2.05, 4.69) is 11.9 Å². The van der Waals surface area contributed by atoms with Gasteiger partial charge in [0, 0.05) is 0 Å². The van der Waals surface area contributed by atoms with Gasteiger partial charge in [-0.25, -0.2) is 9.79 Å². The van der Waals surface area contributed by atoms with Gasteiger partial charge in [0.05, 0.1) is 0 Å². The van der Waals surface area contributed by atoms with E-state index >= 15 is 0 Å². The average molecular weight is 307 g/mol. The minimum Gasteiger partial charge on any atom is -0.484 e. The first-order valence-electron chi connectivity index (χ1n) is 7.53. The minimum atomic E-state index is -0.448. The second kappa shape index (κ2) is 6.92. The number of rotatable bonds is 5. The average Bonchev–Trinajstić information content (AvgIpc) is 2.94. The number of aryl methyl sites for hydroxylation is 1. The lowest BCUT2D eigenvalue weighted by atomic mass is 10.1. The summed E-state index contributed by atoms with van der Waals surface area (Å²) >= 11 is 0. The molecule has 3 rings (SSSR count). The lowest BCUT2D eigenvalue weighted by Crippen LogP contribution is -2.13. The van der Waals surface area contributed by atoms with Gasteiger partial charge in [-0.15, -0.1) is 0 Å². The molecule has 2 aromatic rings. The number of carbonyl (C=O) groups excluding carboxylic acids is 1. The van der Waals surface area contributed by atoms with E-state index in [0.717, 1.165) is 12.0 Å². The van der Waals surface area contributed by atoms with Crippen LogP contribution in [0, 0.1) is 0 Å². The van der Waals surface area contributed by atoms with Crippen molar-refractivity contribution in [2.75, 3.05) is 6.61 Å². The molecule has 0 radical (unpaired) electrons. The van der Waals surface area contributed by atoms with Crippen molar-refractivity contribution < 1.29 is 14.3 Å². The van der Waals surface area contributed by atoms with Crippen LogP contribution in [-0.4, -0.2) is 18.5 Å². The summed E-state index contributed by atoms with van der Waals surface area (Å²) in [5.74, 6) is 0.533. The maximum atomic E-state index is 11.9. The molecule has 0 saturated heterocycles. The van der Waals surface area contributed by atoms with E-state index in [4.69, 9.17) is 9.47 Å². The van der Waals surface area contributed by atoms with E-state index in [9.17, 15) is 4.79 Å². The normalized spacial score (nSPS) is 15.4. The van der Waals surface area contributed by atoms with Crippen molar-refractivity contribution in [1.29, 1.82) is 0 Å². The number of nitrogens with zero attached hydrogens (tertiary/aromatic N) is 1. The molecule has 0 atom stereocenters. The summed E-state index contributed by atoms with van der Waals surface area (Å²) in [7, 11) is 0. The maximum Gasteiger partial charge on any atom is 0.363 e. The first-order valence-corrected chi connectivity index (χ1v) is 7.53. The third-order valence-corrected chi connectivity index (χ3v) is 3.46. The Labute approximate surface area is 135 Å². The number of hydrogen-bond acceptors (Lipinski definition) is 4. The van der Waals surface area contributed by atoms with Crippen molar-refractivity contribution in [1.82, 2.24) is 0 Å². The number of carbonyl (C=O) groups is 1. The molecule has 0 unspecified atom stereocenters. The zero-order valence-electron chi connectivity index (χ0n) is 12.9. The second-order valence-electron chi connectivity index (χ2n) is 5.12. The third-order valence-electron chi connectivity index (χ3n) is 3.46. The van der Waals surface area contributed by atoms with Crippen LogP contribution < -0.4 is 4.74 Å². The summed E-state index contributed by atoms with van der Waals surface area (Å²) in [4.78, 5) is 16.1. The lowest BCUT2D eigenvalue weighted by Gasteiger charge is -2.03. The quantitative estimate of drug-likeness (QED) is 0.626. The molecule has 4 heteroatoms. The highest BCUT2D eigenvalue weighted by Gasteiger charge is 2.23. The fourth-order valence-corrected chi connectivity index (χ4v) is 2.18. The van der Waals surface area contributed by atoms with Crippen molar-refractivity contribution in [2.24, 2.45) is 4.99 Å². The molecule has 0 N–H and O–H groups in total. The molecular formula is C19H17NO3. The Balaban J connectivity index is 1.69. The van der Waals surface area contributed by atoms with Crippen molar-refractivity contribution in [3.8, 4) is 5.75 Å². The molecule has 0 spiro atoms. The molecule has 2 aromatic carbocycles. The Hall–Kier alpha value is -2.88. The summed E-state index contributed by atoms with van der Waals surface area (Å²) in [6.07, 6.45) is 2.70. The van der Waals surface area contributed by atoms with Gasteiger partial charge in [-0.3, -0.25) is 0 Å². The van der Waals surface area contributed by atoms with Crippen LogP contribution in [0.3, 0.4) is 0 Å². The number of ether oxygens (including phenoxy) is 2. The summed E-state index contributed by atoms with van der Waals surface area (Å²) in [6, 6.07) is 17.3. The predicted molar refractivity (Wildman–Crippen MR) is 89.3 cm³/mol. The molecule has 23 heavy (non-hydrogen) atoms. The largest absolute Gasteiger partial charge is 0.484 e. The van der Waals surface area contributed by atoms with Crippen LogP contribution in [0.15, 0.2) is 65.3 Å². The monoisotopic (exact) mass is 307 g/mol. The summed E-state index contributed by atoms with van der Waals surface area (Å²) in [5.41, 5.74) is 2.46. The topological polar surface area (TPSA) is 47.9 Å². The molecule has 116 valence electrons. The van der Waals surface area contributed by atoms with Gasteiger partial charge in [0.25, 0.3) is 0 Å². The SMILES string of the molecule is CCc1ccc(/C=C2/N=C(COc3ccccc3)OC2=O)cc1. The van der Waals surface area contributed by atoms with Crippen molar-refractivity contribution in [3.05, 3.63) is 71.4 Å². The number of aliphatic imine (C=N–C) groups is 1. The van der Waals surface area contributed by atoms with Crippen LogP contribution in [0.4, 0.5) is 0 Å². The van der Waals surface area contributed by atoms with E-state index in [1.807, 2.05) is 54.6 Å². The Bertz CT molecular complexity index is 746. The van der Waals surface area contributed by atoms with Crippen LogP contribution in [0.2, 0.25) is 0 Å². The molecular weight excluding hydrogens is 290 g/mol. The fourth-order valence-electron chi connectivity index (χ4n) is 2.18. The Morgan fingerprint density at radius 1 is 1.09 bits per heavy atom. The number of cyclic esters (lactones) is 1. The predicted octanol–water partition coefficient (Wildman–Crippen LogP) is 3.62. The van der Waals surface area contributed by atoms with Crippen LogP contribution in [-0.2, 0) is 16.0 Å². The van der Waals surface area contributed by atoms with Crippen LogP contribution >= 0.6 is 0 Å². The molecule has 0 saturated carbocycles. The number of para-hydroxylation sites is 1. The van der Waals surface area contributed by atoms with Gasteiger partial charge in [0.15, 0.2) is 12.3 Å². The standard InChI is InChI=1S/C19H17NO3/c1-2-14-8-10-15(11-9-14)12-17-19(21)23-18(20-17)13-22-16-6-4-3-5-7-16/h3-12H,2,13H2,1H3/b17-12+. The van der Waals surface area contributed by atoms with Crippen LogP contribution in [0.25, 0.3) is 6.08 Å². The van der Waals surface area contributed by atoms with Gasteiger partial charge in [0.2, 0.25) is 5.90 Å². The highest BCUT2D eigenvalue weighted by molar-refractivity contribution is 6.07. The van der Waals surface area contributed by atoms with Gasteiger partial charge in [-0.1, -0.05) is 49.4 Å². The number of hydrogen-bond donors (Lipinski definition) is 0. The summed E-state index contributed by atoms with van der Waals surface area (Å²) in [6.45, 7) is 2.23. The van der Waals surface area contributed by atoms with Gasteiger partial charge >= 0.3 is 5.97 Å². The van der Waals surface area contributed by atoms with E-state index in [1.54, 1.807) is 6.08 Å². The summed E-state index contributed by atoms with van der Waals surface area (Å²) in [5, 5.41) is 0. The Morgan fingerprint density at radius 3 is 2.52 bits per heavy atom. The minimum absolute atomic E-state index is 0.127. The number of esters is 1. The van der Waals surface area contributed by atoms with Crippen molar-refractivity contribution in [3.63, 3.8) is 0 Å². The maximum absolute atomic E-state index is 11.9. The van der Waals surface area contributed by atoms with Gasteiger partial charge < -0.3 is 9.47 Å². The highest BCUT2D eigenvalue weighted by atomic mass is 16.6. The molecule has 0 amide bonds. The second-order valence-corrected chi connectivity index (χ2v) is 5.12. The number of benzene rings is 2. The Morgan fingerprint density at radius 2 is 1.83 bits per heavy atom. The molecule has 0 bridgehead atoms. The Kier molecular flexibility index (Phi) is 4.52. The first kappa shape index (κ1) is 15.0. The van der Waals surface area contributed by atoms with Crippen LogP contribution in [0.5, 0.6) is 5.75 Å². The molecule has 1 aliphatic heterocycles. The molecule has 0 aliphatic carbocycles. The molecule has 0 aromatic heterocycles. The van der Waals surface area contributed by atoms with E-state index < -0.39 is 5.97 Å². The first-order chi connectivity index (χ1) is 11.2. The van der Waals surface area contributed by atoms with Gasteiger partial charge in [0.1, 0.15) is 5.75 Å². The van der Waals surface area contributed by atoms with Crippen LogP contribution in [0.1, 0.15) is 18.1 Å². The third kappa shape index (κ3) is 3.86. The van der Waals surface area contributed by atoms with E-state index in [1.165, 1.54) is 5.56 Å². The van der Waals surface area contributed by atoms with Crippen molar-refractivity contribution in [2.45, 2.75) is 13.3 Å². The van der Waals surface area contributed by atoms with E-state index in [-0.39, 0.29) is 12.5 Å². The molecule has 0 fully saturated rings. The molecule has 1 heterocycles.